The normalized spacial score (nSPS) is 21.6. The number of carbonyl (C=O) groups excluding carboxylic acids is 1. The summed E-state index contributed by atoms with van der Waals surface area (Å²) < 4.78 is 0. The van der Waals surface area contributed by atoms with Crippen LogP contribution in [0.5, 0.6) is 0 Å². The molecule has 1 amide bonds. The molecule has 1 aliphatic heterocycles. The zero-order chi connectivity index (χ0) is 16.1. The zero-order valence-corrected chi connectivity index (χ0v) is 12.9. The highest BCUT2D eigenvalue weighted by Gasteiger charge is 2.30. The number of aryl methyl sites for hydroxylation is 1. The van der Waals surface area contributed by atoms with Gasteiger partial charge in [-0.15, -0.1) is 0 Å². The molecule has 0 bridgehead atoms. The lowest BCUT2D eigenvalue weighted by Crippen LogP contribution is -2.46. The maximum absolute atomic E-state index is 12.0. The molecule has 2 rings (SSSR count). The number of carboxylic acid groups (broad SMARTS) is 1. The van der Waals surface area contributed by atoms with Crippen molar-refractivity contribution in [3.05, 3.63) is 35.4 Å². The second-order valence-electron chi connectivity index (χ2n) is 6.04. The first-order valence-corrected chi connectivity index (χ1v) is 7.69. The van der Waals surface area contributed by atoms with E-state index in [2.05, 4.69) is 0 Å². The van der Waals surface area contributed by atoms with Crippen LogP contribution in [0.4, 0.5) is 0 Å². The Balaban J connectivity index is 1.94. The van der Waals surface area contributed by atoms with Crippen LogP contribution in [0.25, 0.3) is 0 Å². The Bertz CT molecular complexity index is 526. The fourth-order valence-electron chi connectivity index (χ4n) is 2.85. The zero-order valence-electron chi connectivity index (χ0n) is 12.9. The molecule has 5 heteroatoms. The van der Waals surface area contributed by atoms with E-state index in [4.69, 9.17) is 5.11 Å². The van der Waals surface area contributed by atoms with Gasteiger partial charge >= 0.3 is 5.97 Å². The van der Waals surface area contributed by atoms with Gasteiger partial charge in [0.25, 0.3) is 0 Å². The molecule has 0 unspecified atom stereocenters. The van der Waals surface area contributed by atoms with Crippen molar-refractivity contribution in [2.45, 2.75) is 38.7 Å². The highest BCUT2D eigenvalue weighted by molar-refractivity contribution is 5.80. The van der Waals surface area contributed by atoms with Crippen LogP contribution < -0.4 is 0 Å². The van der Waals surface area contributed by atoms with Crippen molar-refractivity contribution in [1.29, 1.82) is 0 Å². The van der Waals surface area contributed by atoms with Crippen LogP contribution in [-0.4, -0.2) is 46.2 Å². The van der Waals surface area contributed by atoms with E-state index in [0.29, 0.717) is 19.5 Å². The first kappa shape index (κ1) is 16.5. The Labute approximate surface area is 130 Å². The smallest absolute Gasteiger partial charge is 0.303 e. The van der Waals surface area contributed by atoms with Crippen LogP contribution in [0.3, 0.4) is 0 Å². The van der Waals surface area contributed by atoms with Crippen molar-refractivity contribution < 1.29 is 19.8 Å². The van der Waals surface area contributed by atoms with E-state index in [0.717, 1.165) is 12.0 Å². The Morgan fingerprint density at radius 1 is 1.23 bits per heavy atom. The molecule has 0 aromatic heterocycles. The summed E-state index contributed by atoms with van der Waals surface area (Å²) in [5.74, 6) is -1.09. The molecule has 1 saturated heterocycles. The lowest BCUT2D eigenvalue weighted by atomic mass is 9.88. The van der Waals surface area contributed by atoms with Gasteiger partial charge in [0.15, 0.2) is 0 Å². The average Bonchev–Trinajstić information content (AvgIpc) is 2.49. The highest BCUT2D eigenvalue weighted by Crippen LogP contribution is 2.22. The standard InChI is InChI=1S/C17H23NO4/c1-12-2-4-13(5-3-12)10-14-11-18(9-8-15(14)19)16(20)6-7-17(21)22/h2-5,14-15,19H,6-11H2,1H3,(H,21,22)/t14-,15+/m1/s1. The summed E-state index contributed by atoms with van der Waals surface area (Å²) >= 11 is 0. The first-order valence-electron chi connectivity index (χ1n) is 7.69. The molecule has 1 heterocycles. The molecule has 2 atom stereocenters. The van der Waals surface area contributed by atoms with Gasteiger partial charge in [-0.25, -0.2) is 0 Å². The lowest BCUT2D eigenvalue weighted by Gasteiger charge is -2.36. The molecule has 0 aliphatic carbocycles. The van der Waals surface area contributed by atoms with Gasteiger partial charge in [0.2, 0.25) is 5.91 Å². The van der Waals surface area contributed by atoms with Gasteiger partial charge in [0.1, 0.15) is 0 Å². The van der Waals surface area contributed by atoms with Gasteiger partial charge in [-0.2, -0.15) is 0 Å². The van der Waals surface area contributed by atoms with Crippen LogP contribution in [0.2, 0.25) is 0 Å². The summed E-state index contributed by atoms with van der Waals surface area (Å²) in [7, 11) is 0. The second kappa shape index (κ2) is 7.40. The number of amides is 1. The molecule has 1 aromatic rings. The number of benzene rings is 1. The highest BCUT2D eigenvalue weighted by atomic mass is 16.4. The number of carboxylic acids is 1. The summed E-state index contributed by atoms with van der Waals surface area (Å²) in [6.07, 6.45) is 0.757. The van der Waals surface area contributed by atoms with Gasteiger partial charge in [-0.05, 0) is 25.3 Å². The minimum absolute atomic E-state index is 0.00485. The monoisotopic (exact) mass is 305 g/mol. The molecule has 1 aromatic carbocycles. The Hall–Kier alpha value is -1.88. The molecule has 1 aliphatic rings. The van der Waals surface area contributed by atoms with E-state index in [1.165, 1.54) is 5.56 Å². The average molecular weight is 305 g/mol. The van der Waals surface area contributed by atoms with Crippen LogP contribution in [-0.2, 0) is 16.0 Å². The summed E-state index contributed by atoms with van der Waals surface area (Å²) in [4.78, 5) is 24.3. The van der Waals surface area contributed by atoms with Gasteiger partial charge in [0, 0.05) is 25.4 Å². The lowest BCUT2D eigenvalue weighted by molar-refractivity contribution is -0.142. The van der Waals surface area contributed by atoms with Crippen molar-refractivity contribution in [1.82, 2.24) is 4.90 Å². The molecule has 1 fully saturated rings. The second-order valence-corrected chi connectivity index (χ2v) is 6.04. The third-order valence-corrected chi connectivity index (χ3v) is 4.22. The number of aliphatic hydroxyl groups excluding tert-OH is 1. The molecule has 0 spiro atoms. The van der Waals surface area contributed by atoms with Crippen LogP contribution in [0, 0.1) is 12.8 Å². The molecule has 2 N–H and O–H groups in total. The van der Waals surface area contributed by atoms with Crippen LogP contribution in [0.15, 0.2) is 24.3 Å². The van der Waals surface area contributed by atoms with Crippen molar-refractivity contribution in [2.24, 2.45) is 5.92 Å². The fraction of sp³-hybridized carbons (Fsp3) is 0.529. The van der Waals surface area contributed by atoms with E-state index >= 15 is 0 Å². The van der Waals surface area contributed by atoms with Crippen LogP contribution >= 0.6 is 0 Å². The number of aliphatic carboxylic acids is 1. The van der Waals surface area contributed by atoms with E-state index in [9.17, 15) is 14.7 Å². The number of nitrogens with zero attached hydrogens (tertiary/aromatic N) is 1. The number of likely N-dealkylation sites (tertiary alicyclic amines) is 1. The van der Waals surface area contributed by atoms with Crippen molar-refractivity contribution in [3.8, 4) is 0 Å². The minimum Gasteiger partial charge on any atom is -0.481 e. The van der Waals surface area contributed by atoms with Gasteiger partial charge in [-0.1, -0.05) is 29.8 Å². The van der Waals surface area contributed by atoms with Crippen molar-refractivity contribution in [2.75, 3.05) is 13.1 Å². The minimum atomic E-state index is -0.957. The Morgan fingerprint density at radius 2 is 1.91 bits per heavy atom. The molecule has 0 saturated carbocycles. The maximum atomic E-state index is 12.0. The third-order valence-electron chi connectivity index (χ3n) is 4.22. The molecular formula is C17H23NO4. The topological polar surface area (TPSA) is 77.8 Å². The molecular weight excluding hydrogens is 282 g/mol. The van der Waals surface area contributed by atoms with E-state index in [-0.39, 0.29) is 24.7 Å². The number of carbonyl (C=O) groups is 2. The van der Waals surface area contributed by atoms with Crippen LogP contribution in [0.1, 0.15) is 30.4 Å². The molecule has 120 valence electrons. The van der Waals surface area contributed by atoms with Gasteiger partial charge < -0.3 is 15.1 Å². The first-order chi connectivity index (χ1) is 10.5. The fourth-order valence-corrected chi connectivity index (χ4v) is 2.85. The summed E-state index contributed by atoms with van der Waals surface area (Å²) in [5.41, 5.74) is 2.34. The SMILES string of the molecule is Cc1ccc(C[C@@H]2CN(C(=O)CCC(=O)O)CC[C@@H]2O)cc1. The molecule has 5 nitrogen and oxygen atoms in total. The van der Waals surface area contributed by atoms with Crippen molar-refractivity contribution in [3.63, 3.8) is 0 Å². The van der Waals surface area contributed by atoms with Gasteiger partial charge in [0.05, 0.1) is 12.5 Å². The summed E-state index contributed by atoms with van der Waals surface area (Å²) in [6.45, 7) is 3.03. The predicted molar refractivity (Wildman–Crippen MR) is 82.4 cm³/mol. The molecule has 0 radical (unpaired) electrons. The largest absolute Gasteiger partial charge is 0.481 e. The number of rotatable bonds is 5. The molecule has 22 heavy (non-hydrogen) atoms. The van der Waals surface area contributed by atoms with E-state index in [1.807, 2.05) is 31.2 Å². The predicted octanol–water partition coefficient (Wildman–Crippen LogP) is 1.61. The van der Waals surface area contributed by atoms with Crippen molar-refractivity contribution >= 4 is 11.9 Å². The number of piperidine rings is 1. The Kier molecular flexibility index (Phi) is 5.55. The Morgan fingerprint density at radius 3 is 2.55 bits per heavy atom. The number of aliphatic hydroxyl groups is 1. The summed E-state index contributed by atoms with van der Waals surface area (Å²) in [6, 6.07) is 8.18. The number of hydrogen-bond donors (Lipinski definition) is 2. The third kappa shape index (κ3) is 4.56. The summed E-state index contributed by atoms with van der Waals surface area (Å²) in [5, 5.41) is 18.8. The van der Waals surface area contributed by atoms with E-state index in [1.54, 1.807) is 4.90 Å². The number of hydrogen-bond acceptors (Lipinski definition) is 3. The quantitative estimate of drug-likeness (QED) is 0.866. The maximum Gasteiger partial charge on any atom is 0.303 e. The van der Waals surface area contributed by atoms with Gasteiger partial charge in [-0.3, -0.25) is 9.59 Å². The van der Waals surface area contributed by atoms with E-state index < -0.39 is 12.1 Å².